The van der Waals surface area contributed by atoms with E-state index in [1.807, 2.05) is 60.7 Å². The lowest BCUT2D eigenvalue weighted by atomic mass is 9.99. The minimum absolute atomic E-state index is 0.561. The number of para-hydroxylation sites is 1. The van der Waals surface area contributed by atoms with Gasteiger partial charge < -0.3 is 13.7 Å². The normalized spacial score (nSPS) is 11.4. The maximum atomic E-state index is 6.80. The third-order valence-corrected chi connectivity index (χ3v) is 9.90. The van der Waals surface area contributed by atoms with Crippen LogP contribution in [0, 0.1) is 0 Å². The molecule has 0 saturated heterocycles. The van der Waals surface area contributed by atoms with Gasteiger partial charge in [0.2, 0.25) is 5.89 Å². The van der Waals surface area contributed by atoms with Crippen molar-refractivity contribution in [1.29, 1.82) is 0 Å². The van der Waals surface area contributed by atoms with Crippen molar-refractivity contribution in [2.45, 2.75) is 0 Å². The second-order valence-electron chi connectivity index (χ2n) is 13.2. The zero-order valence-corrected chi connectivity index (χ0v) is 28.7. The predicted molar refractivity (Wildman–Crippen MR) is 218 cm³/mol. The molecule has 0 N–H and O–H groups in total. The third-order valence-electron chi connectivity index (χ3n) is 9.90. The van der Waals surface area contributed by atoms with E-state index in [0.29, 0.717) is 11.5 Å². The summed E-state index contributed by atoms with van der Waals surface area (Å²) in [5.41, 5.74) is 13.7. The smallest absolute Gasteiger partial charge is 0.227 e. The van der Waals surface area contributed by atoms with Gasteiger partial charge in [0.1, 0.15) is 22.4 Å². The second-order valence-corrected chi connectivity index (χ2v) is 13.2. The van der Waals surface area contributed by atoms with Crippen molar-refractivity contribution >= 4 is 50.1 Å². The van der Waals surface area contributed by atoms with E-state index in [1.165, 1.54) is 11.1 Å². The van der Waals surface area contributed by atoms with E-state index in [0.717, 1.165) is 72.3 Å². The molecule has 0 unspecified atom stereocenters. The summed E-state index contributed by atoms with van der Waals surface area (Å²) in [6.07, 6.45) is 0. The molecule has 0 radical (unpaired) electrons. The maximum Gasteiger partial charge on any atom is 0.227 e. The number of furan rings is 1. The molecule has 53 heavy (non-hydrogen) atoms. The van der Waals surface area contributed by atoms with Crippen LogP contribution in [0.1, 0.15) is 0 Å². The van der Waals surface area contributed by atoms with Gasteiger partial charge in [-0.1, -0.05) is 146 Å². The van der Waals surface area contributed by atoms with Crippen LogP contribution in [0.15, 0.2) is 203 Å². The molecule has 0 aliphatic heterocycles. The first kappa shape index (κ1) is 30.6. The fraction of sp³-hybridized carbons (Fsp3) is 0. The highest BCUT2D eigenvalue weighted by Crippen LogP contribution is 2.48. The Morgan fingerprint density at radius 1 is 0.377 bits per heavy atom. The van der Waals surface area contributed by atoms with E-state index in [2.05, 4.69) is 138 Å². The maximum absolute atomic E-state index is 6.80. The second kappa shape index (κ2) is 12.9. The van der Waals surface area contributed by atoms with Gasteiger partial charge in [-0.3, -0.25) is 0 Å². The van der Waals surface area contributed by atoms with Gasteiger partial charge in [-0.15, -0.1) is 0 Å². The van der Waals surface area contributed by atoms with Crippen molar-refractivity contribution < 1.29 is 8.83 Å². The van der Waals surface area contributed by atoms with Crippen molar-refractivity contribution in [3.05, 3.63) is 194 Å². The number of benzene rings is 8. The van der Waals surface area contributed by atoms with Crippen LogP contribution in [0.3, 0.4) is 0 Å². The quantitative estimate of drug-likeness (QED) is 0.168. The van der Waals surface area contributed by atoms with Crippen LogP contribution in [0.5, 0.6) is 0 Å². The van der Waals surface area contributed by atoms with E-state index in [1.54, 1.807) is 0 Å². The van der Waals surface area contributed by atoms with Crippen LogP contribution in [0.25, 0.3) is 77.9 Å². The largest absolute Gasteiger partial charge is 0.456 e. The molecule has 0 saturated carbocycles. The van der Waals surface area contributed by atoms with Crippen LogP contribution < -0.4 is 4.90 Å². The first-order valence-electron chi connectivity index (χ1n) is 17.8. The molecular weight excluding hydrogens is 649 g/mol. The summed E-state index contributed by atoms with van der Waals surface area (Å²) < 4.78 is 13.3. The molecule has 0 aliphatic rings. The number of oxazole rings is 1. The summed E-state index contributed by atoms with van der Waals surface area (Å²) in [6, 6.07) is 67.4. The molecule has 10 aromatic rings. The summed E-state index contributed by atoms with van der Waals surface area (Å²) in [6.45, 7) is 0. The Morgan fingerprint density at radius 3 is 1.57 bits per heavy atom. The number of hydrogen-bond donors (Lipinski definition) is 0. The number of anilines is 3. The van der Waals surface area contributed by atoms with Crippen molar-refractivity contribution in [3.63, 3.8) is 0 Å². The number of aromatic nitrogens is 1. The lowest BCUT2D eigenvalue weighted by Gasteiger charge is -2.27. The zero-order chi connectivity index (χ0) is 35.1. The molecule has 0 amide bonds. The molecule has 0 aliphatic carbocycles. The van der Waals surface area contributed by atoms with E-state index in [4.69, 9.17) is 13.8 Å². The zero-order valence-electron chi connectivity index (χ0n) is 28.7. The summed E-state index contributed by atoms with van der Waals surface area (Å²) in [5, 5.41) is 1.98. The third kappa shape index (κ3) is 5.54. The van der Waals surface area contributed by atoms with Crippen LogP contribution in [-0.2, 0) is 0 Å². The van der Waals surface area contributed by atoms with Crippen LogP contribution in [0.2, 0.25) is 0 Å². The fourth-order valence-corrected chi connectivity index (χ4v) is 7.32. The van der Waals surface area contributed by atoms with Crippen molar-refractivity contribution in [2.24, 2.45) is 0 Å². The van der Waals surface area contributed by atoms with E-state index in [9.17, 15) is 0 Å². The highest BCUT2D eigenvalue weighted by Gasteiger charge is 2.26. The van der Waals surface area contributed by atoms with Crippen LogP contribution in [-0.4, -0.2) is 4.98 Å². The standard InChI is InChI=1S/C49H32N2O2/c1-4-13-33(14-5-1)35-23-25-36(26-24-35)37-27-29-40(30-28-37)51(41-20-12-19-39(31-41)34-15-6-2-7-16-34)47-46-42-21-10-11-22-44(42)52-45(46)32-43-48(47)53-49(50-43)38-17-8-3-9-18-38/h1-32H. The summed E-state index contributed by atoms with van der Waals surface area (Å²) in [4.78, 5) is 7.32. The predicted octanol–water partition coefficient (Wildman–Crippen LogP) is 13.9. The fourth-order valence-electron chi connectivity index (χ4n) is 7.32. The lowest BCUT2D eigenvalue weighted by molar-refractivity contribution is 0.620. The Morgan fingerprint density at radius 2 is 0.906 bits per heavy atom. The number of hydrogen-bond acceptors (Lipinski definition) is 4. The summed E-state index contributed by atoms with van der Waals surface area (Å²) >= 11 is 0. The molecule has 0 bridgehead atoms. The van der Waals surface area contributed by atoms with Gasteiger partial charge >= 0.3 is 0 Å². The first-order chi connectivity index (χ1) is 26.3. The van der Waals surface area contributed by atoms with Crippen LogP contribution in [0.4, 0.5) is 17.1 Å². The van der Waals surface area contributed by atoms with Crippen molar-refractivity contribution in [1.82, 2.24) is 4.98 Å². The average molecular weight is 681 g/mol. The van der Waals surface area contributed by atoms with Gasteiger partial charge in [-0.25, -0.2) is 4.98 Å². The number of fused-ring (bicyclic) bond motifs is 4. The molecule has 250 valence electrons. The molecule has 8 aromatic carbocycles. The Hall–Kier alpha value is -7.17. The number of rotatable bonds is 7. The molecule has 2 heterocycles. The Bertz CT molecular complexity index is 2860. The van der Waals surface area contributed by atoms with Gasteiger partial charge in [0.05, 0.1) is 5.39 Å². The van der Waals surface area contributed by atoms with E-state index >= 15 is 0 Å². The monoisotopic (exact) mass is 680 g/mol. The molecular formula is C49H32N2O2. The molecule has 4 heteroatoms. The Balaban J connectivity index is 1.19. The Kier molecular flexibility index (Phi) is 7.43. The highest BCUT2D eigenvalue weighted by atomic mass is 16.4. The molecule has 0 atom stereocenters. The van der Waals surface area contributed by atoms with Gasteiger partial charge in [-0.05, 0) is 75.8 Å². The van der Waals surface area contributed by atoms with Gasteiger partial charge in [0, 0.05) is 28.4 Å². The minimum atomic E-state index is 0.561. The SMILES string of the molecule is c1ccc(-c2ccc(-c3ccc(N(c4cccc(-c5ccccc5)c4)c4c5oc(-c6ccccc6)nc5cc5oc6ccccc6c45)cc3)cc2)cc1. The highest BCUT2D eigenvalue weighted by molar-refractivity contribution is 6.20. The lowest BCUT2D eigenvalue weighted by Crippen LogP contribution is -2.11. The molecule has 0 fully saturated rings. The first-order valence-corrected chi connectivity index (χ1v) is 17.8. The van der Waals surface area contributed by atoms with Crippen molar-refractivity contribution in [3.8, 4) is 44.8 Å². The summed E-state index contributed by atoms with van der Waals surface area (Å²) in [5.74, 6) is 0.561. The van der Waals surface area contributed by atoms with Crippen molar-refractivity contribution in [2.75, 3.05) is 4.90 Å². The van der Waals surface area contributed by atoms with E-state index < -0.39 is 0 Å². The average Bonchev–Trinajstić information content (AvgIpc) is 3.84. The topological polar surface area (TPSA) is 42.4 Å². The molecule has 10 rings (SSSR count). The van der Waals surface area contributed by atoms with Gasteiger partial charge in [0.25, 0.3) is 0 Å². The molecule has 2 aromatic heterocycles. The van der Waals surface area contributed by atoms with Gasteiger partial charge in [-0.2, -0.15) is 0 Å². The van der Waals surface area contributed by atoms with Gasteiger partial charge in [0.15, 0.2) is 5.58 Å². The van der Waals surface area contributed by atoms with E-state index in [-0.39, 0.29) is 0 Å². The molecule has 4 nitrogen and oxygen atoms in total. The Labute approximate surface area is 306 Å². The minimum Gasteiger partial charge on any atom is -0.456 e. The van der Waals surface area contributed by atoms with Crippen LogP contribution >= 0.6 is 0 Å². The summed E-state index contributed by atoms with van der Waals surface area (Å²) in [7, 11) is 0. The number of nitrogens with zero attached hydrogens (tertiary/aromatic N) is 2. The molecule has 0 spiro atoms.